The van der Waals surface area contributed by atoms with Crippen molar-refractivity contribution in [1.29, 1.82) is 0 Å². The van der Waals surface area contributed by atoms with Crippen LogP contribution in [0.25, 0.3) is 0 Å². The Hall–Kier alpha value is -1.39. The smallest absolute Gasteiger partial charge is 0.231 e. The van der Waals surface area contributed by atoms with Crippen LogP contribution in [-0.2, 0) is 13.0 Å². The number of nitrogens with two attached hydrogens (primary N) is 1. The van der Waals surface area contributed by atoms with Gasteiger partial charge in [0, 0.05) is 6.54 Å². The van der Waals surface area contributed by atoms with E-state index in [2.05, 4.69) is 10.1 Å². The van der Waals surface area contributed by atoms with E-state index in [0.29, 0.717) is 24.7 Å². The second-order valence-electron chi connectivity index (χ2n) is 3.43. The van der Waals surface area contributed by atoms with E-state index in [9.17, 15) is 0 Å². The Bertz CT molecular complexity index is 439. The van der Waals surface area contributed by atoms with Gasteiger partial charge >= 0.3 is 0 Å². The van der Waals surface area contributed by atoms with E-state index in [-0.39, 0.29) is 12.4 Å². The SMILES string of the molecule is Cc1noc(Cc2ccc(CN)cc2)n1.Cl. The summed E-state index contributed by atoms with van der Waals surface area (Å²) in [4.78, 5) is 4.15. The molecule has 5 heteroatoms. The van der Waals surface area contributed by atoms with Crippen molar-refractivity contribution in [1.82, 2.24) is 10.1 Å². The quantitative estimate of drug-likeness (QED) is 0.888. The first kappa shape index (κ1) is 12.7. The van der Waals surface area contributed by atoms with Gasteiger partial charge in [-0.1, -0.05) is 29.4 Å². The third-order valence-corrected chi connectivity index (χ3v) is 2.18. The summed E-state index contributed by atoms with van der Waals surface area (Å²) in [5, 5.41) is 3.74. The number of rotatable bonds is 3. The lowest BCUT2D eigenvalue weighted by Crippen LogP contribution is -1.96. The molecule has 0 radical (unpaired) electrons. The maximum atomic E-state index is 5.51. The molecular formula is C11H14ClN3O. The van der Waals surface area contributed by atoms with Crippen LogP contribution in [0.5, 0.6) is 0 Å². The van der Waals surface area contributed by atoms with Gasteiger partial charge < -0.3 is 10.3 Å². The van der Waals surface area contributed by atoms with E-state index in [4.69, 9.17) is 10.3 Å². The minimum absolute atomic E-state index is 0. The van der Waals surface area contributed by atoms with Crippen LogP contribution in [0.3, 0.4) is 0 Å². The molecule has 16 heavy (non-hydrogen) atoms. The summed E-state index contributed by atoms with van der Waals surface area (Å²) < 4.78 is 5.04. The molecule has 2 rings (SSSR count). The van der Waals surface area contributed by atoms with Crippen LogP contribution in [-0.4, -0.2) is 10.1 Å². The lowest BCUT2D eigenvalue weighted by Gasteiger charge is -1.99. The Balaban J connectivity index is 0.00000128. The molecule has 0 aliphatic heterocycles. The first-order valence-corrected chi connectivity index (χ1v) is 4.85. The molecule has 4 nitrogen and oxygen atoms in total. The van der Waals surface area contributed by atoms with Crippen LogP contribution in [0.15, 0.2) is 28.8 Å². The van der Waals surface area contributed by atoms with Crippen LogP contribution < -0.4 is 5.73 Å². The molecule has 86 valence electrons. The molecule has 0 aliphatic carbocycles. The van der Waals surface area contributed by atoms with Gasteiger partial charge in [-0.05, 0) is 18.1 Å². The van der Waals surface area contributed by atoms with Gasteiger partial charge in [0.1, 0.15) is 0 Å². The maximum Gasteiger partial charge on any atom is 0.231 e. The van der Waals surface area contributed by atoms with Gasteiger partial charge in [0.05, 0.1) is 6.42 Å². The molecule has 2 aromatic rings. The molecule has 0 aliphatic rings. The number of hydrogen-bond donors (Lipinski definition) is 1. The number of nitrogens with zero attached hydrogens (tertiary/aromatic N) is 2. The normalized spacial score (nSPS) is 9.88. The number of hydrogen-bond acceptors (Lipinski definition) is 4. The standard InChI is InChI=1S/C11H13N3O.ClH/c1-8-13-11(15-14-8)6-9-2-4-10(7-12)5-3-9;/h2-5H,6-7,12H2,1H3;1H. The fourth-order valence-corrected chi connectivity index (χ4v) is 1.38. The Kier molecular flexibility index (Phi) is 4.46. The molecule has 0 atom stereocenters. The fraction of sp³-hybridized carbons (Fsp3) is 0.273. The summed E-state index contributed by atoms with van der Waals surface area (Å²) in [5.74, 6) is 1.32. The topological polar surface area (TPSA) is 64.9 Å². The summed E-state index contributed by atoms with van der Waals surface area (Å²) in [6.45, 7) is 2.38. The Labute approximate surface area is 100 Å². The average molecular weight is 240 g/mol. The van der Waals surface area contributed by atoms with Gasteiger partial charge in [0.25, 0.3) is 0 Å². The van der Waals surface area contributed by atoms with Crippen molar-refractivity contribution >= 4 is 12.4 Å². The van der Waals surface area contributed by atoms with E-state index in [1.54, 1.807) is 0 Å². The van der Waals surface area contributed by atoms with Crippen LogP contribution in [0.1, 0.15) is 22.8 Å². The predicted octanol–water partition coefficient (Wildman–Crippen LogP) is 1.85. The first-order chi connectivity index (χ1) is 7.28. The molecule has 0 bridgehead atoms. The minimum atomic E-state index is 0. The van der Waals surface area contributed by atoms with Gasteiger partial charge in [-0.2, -0.15) is 4.98 Å². The maximum absolute atomic E-state index is 5.51. The summed E-state index contributed by atoms with van der Waals surface area (Å²) in [6, 6.07) is 8.08. The molecule has 0 amide bonds. The zero-order chi connectivity index (χ0) is 10.7. The molecule has 0 saturated heterocycles. The van der Waals surface area contributed by atoms with Crippen LogP contribution >= 0.6 is 12.4 Å². The molecule has 0 spiro atoms. The third-order valence-electron chi connectivity index (χ3n) is 2.18. The lowest BCUT2D eigenvalue weighted by atomic mass is 10.1. The summed E-state index contributed by atoms with van der Waals surface area (Å²) in [7, 11) is 0. The van der Waals surface area contributed by atoms with Crippen molar-refractivity contribution in [3.8, 4) is 0 Å². The molecule has 1 aromatic heterocycles. The average Bonchev–Trinajstić information content (AvgIpc) is 2.65. The highest BCUT2D eigenvalue weighted by Gasteiger charge is 2.03. The zero-order valence-corrected chi connectivity index (χ0v) is 9.83. The van der Waals surface area contributed by atoms with E-state index < -0.39 is 0 Å². The monoisotopic (exact) mass is 239 g/mol. The number of aryl methyl sites for hydroxylation is 1. The van der Waals surface area contributed by atoms with Crippen molar-refractivity contribution < 1.29 is 4.52 Å². The van der Waals surface area contributed by atoms with Gasteiger partial charge in [-0.25, -0.2) is 0 Å². The molecule has 2 N–H and O–H groups in total. The molecule has 0 unspecified atom stereocenters. The van der Waals surface area contributed by atoms with Crippen molar-refractivity contribution in [2.75, 3.05) is 0 Å². The third kappa shape index (κ3) is 3.05. The second-order valence-corrected chi connectivity index (χ2v) is 3.43. The Morgan fingerprint density at radius 3 is 2.31 bits per heavy atom. The highest BCUT2D eigenvalue weighted by atomic mass is 35.5. The number of benzene rings is 1. The summed E-state index contributed by atoms with van der Waals surface area (Å²) >= 11 is 0. The van der Waals surface area contributed by atoms with Crippen LogP contribution in [0.4, 0.5) is 0 Å². The molecule has 1 heterocycles. The molecule has 1 aromatic carbocycles. The molecule has 0 fully saturated rings. The fourth-order valence-electron chi connectivity index (χ4n) is 1.38. The minimum Gasteiger partial charge on any atom is -0.339 e. The zero-order valence-electron chi connectivity index (χ0n) is 9.01. The Morgan fingerprint density at radius 2 is 1.81 bits per heavy atom. The van der Waals surface area contributed by atoms with E-state index in [0.717, 1.165) is 11.1 Å². The second kappa shape index (κ2) is 5.63. The van der Waals surface area contributed by atoms with Crippen molar-refractivity contribution in [3.63, 3.8) is 0 Å². The lowest BCUT2D eigenvalue weighted by molar-refractivity contribution is 0.381. The first-order valence-electron chi connectivity index (χ1n) is 4.85. The highest BCUT2D eigenvalue weighted by molar-refractivity contribution is 5.85. The van der Waals surface area contributed by atoms with Gasteiger partial charge in [0.15, 0.2) is 5.82 Å². The number of halogens is 1. The highest BCUT2D eigenvalue weighted by Crippen LogP contribution is 2.09. The van der Waals surface area contributed by atoms with Gasteiger partial charge in [-0.3, -0.25) is 0 Å². The van der Waals surface area contributed by atoms with E-state index in [1.807, 2.05) is 31.2 Å². The summed E-state index contributed by atoms with van der Waals surface area (Å²) in [6.07, 6.45) is 0.672. The van der Waals surface area contributed by atoms with Gasteiger partial charge in [0.2, 0.25) is 5.89 Å². The van der Waals surface area contributed by atoms with Crippen LogP contribution in [0, 0.1) is 6.92 Å². The van der Waals surface area contributed by atoms with Gasteiger partial charge in [-0.15, -0.1) is 12.4 Å². The summed E-state index contributed by atoms with van der Waals surface area (Å²) in [5.41, 5.74) is 7.79. The van der Waals surface area contributed by atoms with E-state index >= 15 is 0 Å². The largest absolute Gasteiger partial charge is 0.339 e. The van der Waals surface area contributed by atoms with E-state index in [1.165, 1.54) is 0 Å². The predicted molar refractivity (Wildman–Crippen MR) is 63.4 cm³/mol. The van der Waals surface area contributed by atoms with Crippen molar-refractivity contribution in [2.45, 2.75) is 19.9 Å². The molecular weight excluding hydrogens is 226 g/mol. The van der Waals surface area contributed by atoms with Crippen LogP contribution in [0.2, 0.25) is 0 Å². The van der Waals surface area contributed by atoms with Crippen molar-refractivity contribution in [2.24, 2.45) is 5.73 Å². The molecule has 0 saturated carbocycles. The number of aromatic nitrogens is 2. The van der Waals surface area contributed by atoms with Crippen molar-refractivity contribution in [3.05, 3.63) is 47.1 Å². The Morgan fingerprint density at radius 1 is 1.19 bits per heavy atom.